The molecule has 0 aromatic heterocycles. The Kier molecular flexibility index (Phi) is 3.52. The average molecular weight is 182 g/mol. The number of hydrogen-bond donors (Lipinski definition) is 0. The first-order valence-corrected chi connectivity index (χ1v) is 5.09. The maximum absolute atomic E-state index is 10.8. The molecule has 0 saturated heterocycles. The number of carbonyl (C=O) groups excluding carboxylic acids is 1. The second-order valence-corrected chi connectivity index (χ2v) is 3.72. The normalized spacial score (nSPS) is 19.8. The van der Waals surface area contributed by atoms with E-state index in [1.807, 2.05) is 0 Å². The van der Waals surface area contributed by atoms with E-state index in [9.17, 15) is 4.79 Å². The Morgan fingerprint density at radius 2 is 2.15 bits per heavy atom. The predicted molar refractivity (Wildman–Crippen MR) is 52.1 cm³/mol. The van der Waals surface area contributed by atoms with Crippen molar-refractivity contribution in [3.8, 4) is 0 Å². The quantitative estimate of drug-likeness (QED) is 0.493. The highest BCUT2D eigenvalue weighted by Crippen LogP contribution is 2.44. The molecule has 1 fully saturated rings. The summed E-state index contributed by atoms with van der Waals surface area (Å²) in [6.07, 6.45) is 9.02. The Morgan fingerprint density at radius 3 is 2.54 bits per heavy atom. The zero-order valence-corrected chi connectivity index (χ0v) is 8.51. The van der Waals surface area contributed by atoms with Gasteiger partial charge in [-0.1, -0.05) is 20.3 Å². The lowest BCUT2D eigenvalue weighted by Gasteiger charge is -2.38. The minimum atomic E-state index is -0.151. The summed E-state index contributed by atoms with van der Waals surface area (Å²) in [7, 11) is 0. The van der Waals surface area contributed by atoms with Gasteiger partial charge in [0, 0.05) is 6.42 Å². The standard InChI is InChI=1S/C11H18O2/c1-3-10(12)13-9-8-11(4-2)6-5-7-11/h8-9H,3-7H2,1-2H3/b9-8+. The molecule has 2 nitrogen and oxygen atoms in total. The maximum atomic E-state index is 10.8. The van der Waals surface area contributed by atoms with Crippen molar-refractivity contribution in [1.82, 2.24) is 0 Å². The third-order valence-electron chi connectivity index (χ3n) is 2.96. The van der Waals surface area contributed by atoms with Crippen molar-refractivity contribution in [1.29, 1.82) is 0 Å². The monoisotopic (exact) mass is 182 g/mol. The van der Waals surface area contributed by atoms with Crippen LogP contribution in [0.5, 0.6) is 0 Å². The molecule has 0 aromatic carbocycles. The van der Waals surface area contributed by atoms with E-state index in [0.29, 0.717) is 11.8 Å². The Balaban J connectivity index is 2.33. The largest absolute Gasteiger partial charge is 0.435 e. The molecule has 74 valence electrons. The molecule has 1 rings (SSSR count). The topological polar surface area (TPSA) is 26.3 Å². The summed E-state index contributed by atoms with van der Waals surface area (Å²) in [5.41, 5.74) is 0.341. The van der Waals surface area contributed by atoms with Crippen molar-refractivity contribution in [2.75, 3.05) is 0 Å². The number of ether oxygens (including phenoxy) is 1. The van der Waals surface area contributed by atoms with Crippen LogP contribution in [0, 0.1) is 5.41 Å². The van der Waals surface area contributed by atoms with Crippen molar-refractivity contribution < 1.29 is 9.53 Å². The van der Waals surface area contributed by atoms with Gasteiger partial charge in [-0.25, -0.2) is 0 Å². The van der Waals surface area contributed by atoms with Crippen LogP contribution < -0.4 is 0 Å². The van der Waals surface area contributed by atoms with Gasteiger partial charge in [-0.15, -0.1) is 0 Å². The van der Waals surface area contributed by atoms with Crippen LogP contribution in [0.15, 0.2) is 12.3 Å². The van der Waals surface area contributed by atoms with Crippen LogP contribution in [0.3, 0.4) is 0 Å². The molecule has 0 aromatic rings. The fourth-order valence-electron chi connectivity index (χ4n) is 1.61. The Labute approximate surface area is 80.0 Å². The van der Waals surface area contributed by atoms with Gasteiger partial charge in [-0.3, -0.25) is 4.79 Å². The van der Waals surface area contributed by atoms with Crippen molar-refractivity contribution in [2.24, 2.45) is 5.41 Å². The van der Waals surface area contributed by atoms with Gasteiger partial charge in [-0.2, -0.15) is 0 Å². The summed E-state index contributed by atoms with van der Waals surface area (Å²) in [6, 6.07) is 0. The molecule has 0 bridgehead atoms. The van der Waals surface area contributed by atoms with Gasteiger partial charge in [0.05, 0.1) is 6.26 Å². The second kappa shape index (κ2) is 4.45. The molecular formula is C11H18O2. The van der Waals surface area contributed by atoms with Crippen molar-refractivity contribution in [3.05, 3.63) is 12.3 Å². The Bertz CT molecular complexity index is 197. The highest BCUT2D eigenvalue weighted by molar-refractivity contribution is 5.69. The number of esters is 1. The number of rotatable bonds is 4. The minimum absolute atomic E-state index is 0.151. The van der Waals surface area contributed by atoms with Crippen LogP contribution >= 0.6 is 0 Å². The molecule has 2 heteroatoms. The molecule has 0 N–H and O–H groups in total. The summed E-state index contributed by atoms with van der Waals surface area (Å²) >= 11 is 0. The first-order valence-electron chi connectivity index (χ1n) is 5.09. The van der Waals surface area contributed by atoms with E-state index in [4.69, 9.17) is 4.74 Å². The number of hydrogen-bond acceptors (Lipinski definition) is 2. The molecule has 0 heterocycles. The second-order valence-electron chi connectivity index (χ2n) is 3.72. The zero-order chi connectivity index (χ0) is 9.73. The summed E-state index contributed by atoms with van der Waals surface area (Å²) in [5.74, 6) is -0.151. The van der Waals surface area contributed by atoms with Crippen molar-refractivity contribution in [3.63, 3.8) is 0 Å². The molecule has 0 aliphatic heterocycles. The SMILES string of the molecule is CCC(=O)O/C=C/C1(CC)CCC1. The van der Waals surface area contributed by atoms with E-state index in [2.05, 4.69) is 13.0 Å². The molecule has 1 aliphatic carbocycles. The van der Waals surface area contributed by atoms with Gasteiger partial charge < -0.3 is 4.74 Å². The number of allylic oxidation sites excluding steroid dienone is 1. The smallest absolute Gasteiger partial charge is 0.310 e. The highest BCUT2D eigenvalue weighted by Gasteiger charge is 2.32. The molecule has 0 amide bonds. The van der Waals surface area contributed by atoms with E-state index in [1.54, 1.807) is 13.2 Å². The summed E-state index contributed by atoms with van der Waals surface area (Å²) in [6.45, 7) is 3.99. The van der Waals surface area contributed by atoms with E-state index in [1.165, 1.54) is 19.3 Å². The van der Waals surface area contributed by atoms with Gasteiger partial charge in [0.25, 0.3) is 0 Å². The van der Waals surface area contributed by atoms with Crippen LogP contribution in [0.4, 0.5) is 0 Å². The fourth-order valence-corrected chi connectivity index (χ4v) is 1.61. The predicted octanol–water partition coefficient (Wildman–Crippen LogP) is 3.03. The van der Waals surface area contributed by atoms with Crippen LogP contribution in [0.25, 0.3) is 0 Å². The molecule has 13 heavy (non-hydrogen) atoms. The summed E-state index contributed by atoms with van der Waals surface area (Å²) in [4.78, 5) is 10.8. The zero-order valence-electron chi connectivity index (χ0n) is 8.51. The minimum Gasteiger partial charge on any atom is -0.435 e. The molecule has 0 spiro atoms. The Morgan fingerprint density at radius 1 is 1.46 bits per heavy atom. The fraction of sp³-hybridized carbons (Fsp3) is 0.727. The third kappa shape index (κ3) is 2.58. The number of carbonyl (C=O) groups is 1. The lowest BCUT2D eigenvalue weighted by Crippen LogP contribution is -2.25. The summed E-state index contributed by atoms with van der Waals surface area (Å²) < 4.78 is 4.90. The van der Waals surface area contributed by atoms with E-state index in [-0.39, 0.29) is 5.97 Å². The molecule has 0 unspecified atom stereocenters. The first-order chi connectivity index (χ1) is 6.22. The maximum Gasteiger partial charge on any atom is 0.310 e. The molecule has 0 radical (unpaired) electrons. The van der Waals surface area contributed by atoms with Gasteiger partial charge in [0.2, 0.25) is 0 Å². The van der Waals surface area contributed by atoms with Gasteiger partial charge in [-0.05, 0) is 30.8 Å². The molecule has 1 saturated carbocycles. The first kappa shape index (κ1) is 10.3. The average Bonchev–Trinajstić information content (AvgIpc) is 2.09. The van der Waals surface area contributed by atoms with Crippen LogP contribution in [0.2, 0.25) is 0 Å². The van der Waals surface area contributed by atoms with Crippen LogP contribution in [-0.2, 0) is 9.53 Å². The van der Waals surface area contributed by atoms with Gasteiger partial charge in [0.1, 0.15) is 0 Å². The lowest BCUT2D eigenvalue weighted by atomic mass is 9.67. The van der Waals surface area contributed by atoms with Crippen molar-refractivity contribution >= 4 is 5.97 Å². The molecular weight excluding hydrogens is 164 g/mol. The van der Waals surface area contributed by atoms with E-state index >= 15 is 0 Å². The van der Waals surface area contributed by atoms with E-state index < -0.39 is 0 Å². The molecule has 1 aliphatic rings. The Hall–Kier alpha value is -0.790. The third-order valence-corrected chi connectivity index (χ3v) is 2.96. The summed E-state index contributed by atoms with van der Waals surface area (Å²) in [5, 5.41) is 0. The molecule has 0 atom stereocenters. The van der Waals surface area contributed by atoms with E-state index in [0.717, 1.165) is 6.42 Å². The van der Waals surface area contributed by atoms with Gasteiger partial charge in [0.15, 0.2) is 0 Å². The highest BCUT2D eigenvalue weighted by atomic mass is 16.5. The van der Waals surface area contributed by atoms with Crippen LogP contribution in [0.1, 0.15) is 46.0 Å². The van der Waals surface area contributed by atoms with Gasteiger partial charge >= 0.3 is 5.97 Å². The van der Waals surface area contributed by atoms with Crippen LogP contribution in [-0.4, -0.2) is 5.97 Å². The lowest BCUT2D eigenvalue weighted by molar-refractivity contribution is -0.137. The van der Waals surface area contributed by atoms with Crippen molar-refractivity contribution in [2.45, 2.75) is 46.0 Å².